The molecule has 2 aromatic heterocycles. The van der Waals surface area contributed by atoms with E-state index in [9.17, 15) is 0 Å². The number of hydrogen-bond donors (Lipinski definition) is 0. The summed E-state index contributed by atoms with van der Waals surface area (Å²) < 4.78 is 1.31. The molecule has 4 rings (SSSR count). The van der Waals surface area contributed by atoms with Crippen molar-refractivity contribution in [2.45, 2.75) is 0 Å². The largest absolute Gasteiger partial charge is 0.256 e. The first kappa shape index (κ1) is 12.3. The van der Waals surface area contributed by atoms with Gasteiger partial charge >= 0.3 is 0 Å². The molecule has 1 nitrogen and oxygen atoms in total. The van der Waals surface area contributed by atoms with Crippen molar-refractivity contribution in [3.63, 3.8) is 0 Å². The lowest BCUT2D eigenvalue weighted by atomic mass is 10.1. The maximum absolute atomic E-state index is 4.65. The second-order valence-electron chi connectivity index (χ2n) is 4.94. The average molecular weight is 287 g/mol. The van der Waals surface area contributed by atoms with E-state index in [0.717, 1.165) is 11.3 Å². The van der Waals surface area contributed by atoms with Gasteiger partial charge in [0.1, 0.15) is 0 Å². The van der Waals surface area contributed by atoms with Gasteiger partial charge in [-0.1, -0.05) is 54.6 Å². The lowest BCUT2D eigenvalue weighted by molar-refractivity contribution is 1.33. The summed E-state index contributed by atoms with van der Waals surface area (Å²) in [6, 6.07) is 23.1. The fraction of sp³-hybridized carbons (Fsp3) is 0. The summed E-state index contributed by atoms with van der Waals surface area (Å²) in [7, 11) is 0. The highest BCUT2D eigenvalue weighted by molar-refractivity contribution is 7.17. The van der Waals surface area contributed by atoms with Crippen molar-refractivity contribution in [2.75, 3.05) is 0 Å². The highest BCUT2D eigenvalue weighted by Crippen LogP contribution is 2.33. The monoisotopic (exact) mass is 287 g/mol. The molecule has 0 atom stereocenters. The third-order valence-corrected chi connectivity index (χ3v) is 4.59. The molecule has 0 fully saturated rings. The van der Waals surface area contributed by atoms with Crippen LogP contribution >= 0.6 is 11.3 Å². The average Bonchev–Trinajstić information content (AvgIpc) is 3.00. The van der Waals surface area contributed by atoms with E-state index in [2.05, 4.69) is 71.0 Å². The number of hydrogen-bond acceptors (Lipinski definition) is 2. The van der Waals surface area contributed by atoms with Crippen LogP contribution in [0.2, 0.25) is 0 Å². The van der Waals surface area contributed by atoms with Crippen molar-refractivity contribution in [2.24, 2.45) is 0 Å². The van der Waals surface area contributed by atoms with Crippen molar-refractivity contribution in [1.29, 1.82) is 0 Å². The summed E-state index contributed by atoms with van der Waals surface area (Å²) in [5.41, 5.74) is 4.60. The van der Waals surface area contributed by atoms with Crippen LogP contribution in [-0.2, 0) is 0 Å². The summed E-state index contributed by atoms with van der Waals surface area (Å²) >= 11 is 1.77. The molecule has 2 heterocycles. The molecule has 0 amide bonds. The Morgan fingerprint density at radius 2 is 1.52 bits per heavy atom. The van der Waals surface area contributed by atoms with Gasteiger partial charge in [-0.2, -0.15) is 0 Å². The Balaban J connectivity index is 1.77. The second-order valence-corrected chi connectivity index (χ2v) is 5.85. The van der Waals surface area contributed by atoms with Gasteiger partial charge in [-0.15, -0.1) is 11.3 Å². The van der Waals surface area contributed by atoms with Gasteiger partial charge in [-0.3, -0.25) is 4.98 Å². The topological polar surface area (TPSA) is 12.9 Å². The van der Waals surface area contributed by atoms with E-state index in [-0.39, 0.29) is 0 Å². The van der Waals surface area contributed by atoms with Crippen molar-refractivity contribution in [1.82, 2.24) is 4.98 Å². The minimum atomic E-state index is 1.03. The Labute approximate surface area is 127 Å². The van der Waals surface area contributed by atoms with Gasteiger partial charge in [0.15, 0.2) is 0 Å². The molecule has 0 aliphatic heterocycles. The van der Waals surface area contributed by atoms with Crippen LogP contribution in [0.25, 0.3) is 32.5 Å². The minimum Gasteiger partial charge on any atom is -0.256 e. The molecular weight excluding hydrogens is 274 g/mol. The molecule has 0 aliphatic carbocycles. The molecular formula is C19H13NS. The maximum Gasteiger partial charge on any atom is 0.0717 e. The van der Waals surface area contributed by atoms with Gasteiger partial charge < -0.3 is 0 Å². The molecule has 0 aliphatic rings. The molecule has 0 unspecified atom stereocenters. The van der Waals surface area contributed by atoms with E-state index in [1.165, 1.54) is 21.2 Å². The lowest BCUT2D eigenvalue weighted by Crippen LogP contribution is -1.84. The first-order chi connectivity index (χ1) is 10.4. The van der Waals surface area contributed by atoms with E-state index in [1.807, 2.05) is 12.3 Å². The van der Waals surface area contributed by atoms with Crippen molar-refractivity contribution in [3.05, 3.63) is 78.3 Å². The summed E-state index contributed by atoms with van der Waals surface area (Å²) in [5, 5.41) is 3.47. The summed E-state index contributed by atoms with van der Waals surface area (Å²) in [4.78, 5) is 4.65. The van der Waals surface area contributed by atoms with E-state index in [0.29, 0.717) is 0 Å². The van der Waals surface area contributed by atoms with E-state index >= 15 is 0 Å². The zero-order valence-corrected chi connectivity index (χ0v) is 12.2. The number of aromatic nitrogens is 1. The van der Waals surface area contributed by atoms with Crippen LogP contribution in [0, 0.1) is 0 Å². The summed E-state index contributed by atoms with van der Waals surface area (Å²) in [6.07, 6.45) is 1.96. The Morgan fingerprint density at radius 3 is 2.33 bits per heavy atom. The quantitative estimate of drug-likeness (QED) is 0.465. The first-order valence-corrected chi connectivity index (χ1v) is 7.78. The van der Waals surface area contributed by atoms with Crippen molar-refractivity contribution < 1.29 is 0 Å². The van der Waals surface area contributed by atoms with Gasteiger partial charge in [0, 0.05) is 32.8 Å². The molecule has 21 heavy (non-hydrogen) atoms. The van der Waals surface area contributed by atoms with Gasteiger partial charge in [0.2, 0.25) is 0 Å². The molecule has 0 N–H and O–H groups in total. The Kier molecular flexibility index (Phi) is 3.02. The van der Waals surface area contributed by atoms with Crippen molar-refractivity contribution in [3.8, 4) is 22.4 Å². The highest BCUT2D eigenvalue weighted by Gasteiger charge is 2.07. The number of rotatable bonds is 2. The van der Waals surface area contributed by atoms with Gasteiger partial charge in [0.25, 0.3) is 0 Å². The summed E-state index contributed by atoms with van der Waals surface area (Å²) in [5.74, 6) is 0. The smallest absolute Gasteiger partial charge is 0.0717 e. The zero-order chi connectivity index (χ0) is 14.1. The normalized spacial score (nSPS) is 10.9. The van der Waals surface area contributed by atoms with Crippen LogP contribution < -0.4 is 0 Å². The molecule has 0 saturated heterocycles. The van der Waals surface area contributed by atoms with Crippen LogP contribution in [0.1, 0.15) is 0 Å². The second kappa shape index (κ2) is 5.15. The first-order valence-electron chi connectivity index (χ1n) is 6.90. The summed E-state index contributed by atoms with van der Waals surface area (Å²) in [6.45, 7) is 0. The van der Waals surface area contributed by atoms with Gasteiger partial charge in [-0.25, -0.2) is 0 Å². The van der Waals surface area contributed by atoms with E-state index < -0.39 is 0 Å². The number of pyridine rings is 1. The molecule has 0 bridgehead atoms. The van der Waals surface area contributed by atoms with E-state index in [4.69, 9.17) is 0 Å². The van der Waals surface area contributed by atoms with Gasteiger partial charge in [-0.05, 0) is 17.7 Å². The molecule has 100 valence electrons. The standard InChI is InChI=1S/C19H13NS/c1-2-6-14(7-3-1)15-10-11-18(20-12-15)17-13-21-19-9-5-4-8-16(17)19/h1-13H. The van der Waals surface area contributed by atoms with Crippen LogP contribution in [0.3, 0.4) is 0 Å². The van der Waals surface area contributed by atoms with Crippen LogP contribution in [-0.4, -0.2) is 4.98 Å². The third-order valence-electron chi connectivity index (χ3n) is 3.63. The number of nitrogens with zero attached hydrogens (tertiary/aromatic N) is 1. The number of benzene rings is 2. The molecule has 4 aromatic rings. The highest BCUT2D eigenvalue weighted by atomic mass is 32.1. The molecule has 0 spiro atoms. The minimum absolute atomic E-state index is 1.03. The van der Waals surface area contributed by atoms with Crippen LogP contribution in [0.4, 0.5) is 0 Å². The molecule has 2 aromatic carbocycles. The Bertz CT molecular complexity index is 876. The fourth-order valence-electron chi connectivity index (χ4n) is 2.53. The predicted octanol–water partition coefficient (Wildman–Crippen LogP) is 5.63. The zero-order valence-electron chi connectivity index (χ0n) is 11.4. The Hall–Kier alpha value is -2.45. The predicted molar refractivity (Wildman–Crippen MR) is 90.5 cm³/mol. The lowest BCUT2D eigenvalue weighted by Gasteiger charge is -2.03. The molecule has 2 heteroatoms. The number of thiophene rings is 1. The maximum atomic E-state index is 4.65. The number of fused-ring (bicyclic) bond motifs is 1. The Morgan fingerprint density at radius 1 is 0.714 bits per heavy atom. The van der Waals surface area contributed by atoms with Crippen molar-refractivity contribution >= 4 is 21.4 Å². The van der Waals surface area contributed by atoms with Crippen LogP contribution in [0.15, 0.2) is 78.3 Å². The third kappa shape index (κ3) is 2.24. The molecule has 0 radical (unpaired) electrons. The SMILES string of the molecule is c1ccc(-c2ccc(-c3csc4ccccc34)nc2)cc1. The molecule has 0 saturated carbocycles. The van der Waals surface area contributed by atoms with Gasteiger partial charge in [0.05, 0.1) is 5.69 Å². The van der Waals surface area contributed by atoms with Crippen LogP contribution in [0.5, 0.6) is 0 Å². The fourth-order valence-corrected chi connectivity index (χ4v) is 3.49. The van der Waals surface area contributed by atoms with E-state index in [1.54, 1.807) is 11.3 Å².